The third kappa shape index (κ3) is 2.95. The van der Waals surface area contributed by atoms with Crippen molar-refractivity contribution in [1.29, 1.82) is 0 Å². The molecule has 0 aliphatic heterocycles. The van der Waals surface area contributed by atoms with Gasteiger partial charge in [-0.05, 0) is 41.3 Å². The van der Waals surface area contributed by atoms with E-state index < -0.39 is 0 Å². The van der Waals surface area contributed by atoms with Crippen LogP contribution in [0, 0.1) is 0 Å². The van der Waals surface area contributed by atoms with Gasteiger partial charge in [0.25, 0.3) is 0 Å². The third-order valence-corrected chi connectivity index (χ3v) is 6.07. The highest BCUT2D eigenvalue weighted by Crippen LogP contribution is 2.57. The van der Waals surface area contributed by atoms with Crippen LogP contribution in [0.25, 0.3) is 27.7 Å². The Bertz CT molecular complexity index is 1460. The van der Waals surface area contributed by atoms with Crippen LogP contribution in [0.1, 0.15) is 29.4 Å². The molecule has 6 rings (SSSR count). The van der Waals surface area contributed by atoms with Crippen LogP contribution in [0.4, 0.5) is 0 Å². The van der Waals surface area contributed by atoms with Crippen molar-refractivity contribution in [2.45, 2.75) is 18.3 Å². The lowest BCUT2D eigenvalue weighted by molar-refractivity contribution is 0.353. The highest BCUT2D eigenvalue weighted by Gasteiger charge is 2.42. The molecule has 0 N–H and O–H groups in total. The maximum Gasteiger partial charge on any atom is 0.319 e. The van der Waals surface area contributed by atoms with Crippen molar-refractivity contribution in [3.8, 4) is 23.1 Å². The summed E-state index contributed by atoms with van der Waals surface area (Å²) in [6.45, 7) is 0. The average molecular weight is 424 g/mol. The van der Waals surface area contributed by atoms with Crippen LogP contribution in [0.3, 0.4) is 0 Å². The van der Waals surface area contributed by atoms with Crippen LogP contribution in [-0.2, 0) is 0 Å². The molecule has 1 aliphatic carbocycles. The van der Waals surface area contributed by atoms with E-state index in [0.29, 0.717) is 23.3 Å². The lowest BCUT2D eigenvalue weighted by Gasteiger charge is -2.11. The van der Waals surface area contributed by atoms with Gasteiger partial charge in [-0.15, -0.1) is 0 Å². The molecule has 4 heterocycles. The molecule has 1 aliphatic rings. The minimum Gasteiger partial charge on any atom is -0.480 e. The molecule has 0 spiro atoms. The van der Waals surface area contributed by atoms with Crippen LogP contribution in [0.15, 0.2) is 61.3 Å². The van der Waals surface area contributed by atoms with Crippen LogP contribution < -0.4 is 9.47 Å². The molecule has 4 aromatic heterocycles. The largest absolute Gasteiger partial charge is 0.480 e. The Kier molecular flexibility index (Phi) is 4.24. The Hall–Kier alpha value is -4.07. The van der Waals surface area contributed by atoms with Crippen molar-refractivity contribution in [2.24, 2.45) is 0 Å². The van der Waals surface area contributed by atoms with Gasteiger partial charge in [-0.2, -0.15) is 10.1 Å². The predicted octanol–water partition coefficient (Wildman–Crippen LogP) is 4.02. The predicted molar refractivity (Wildman–Crippen MR) is 119 cm³/mol. The highest BCUT2D eigenvalue weighted by molar-refractivity contribution is 5.86. The van der Waals surface area contributed by atoms with Gasteiger partial charge in [-0.25, -0.2) is 14.5 Å². The second-order valence-electron chi connectivity index (χ2n) is 7.85. The van der Waals surface area contributed by atoms with E-state index >= 15 is 0 Å². The molecule has 0 amide bonds. The number of aromatic nitrogens is 6. The van der Waals surface area contributed by atoms with E-state index in [9.17, 15) is 0 Å². The Labute approximate surface area is 183 Å². The summed E-state index contributed by atoms with van der Waals surface area (Å²) in [6, 6.07) is 10.9. The van der Waals surface area contributed by atoms with Crippen molar-refractivity contribution < 1.29 is 9.47 Å². The quantitative estimate of drug-likeness (QED) is 0.421. The molecule has 32 heavy (non-hydrogen) atoms. The monoisotopic (exact) mass is 424 g/mol. The maximum absolute atomic E-state index is 5.49. The molecule has 158 valence electrons. The fraction of sp³-hybridized carbons (Fsp3) is 0.208. The molecule has 0 bridgehead atoms. The average Bonchev–Trinajstić information content (AvgIpc) is 3.50. The molecular formula is C24H20N6O2. The first-order valence-corrected chi connectivity index (χ1v) is 10.4. The molecule has 0 saturated heterocycles. The van der Waals surface area contributed by atoms with Gasteiger partial charge in [0.2, 0.25) is 5.88 Å². The number of rotatable bonds is 5. The second kappa shape index (κ2) is 7.26. The number of nitrogens with zero attached hydrogens (tertiary/aromatic N) is 6. The summed E-state index contributed by atoms with van der Waals surface area (Å²) in [6.07, 6.45) is 10.2. The molecule has 1 fully saturated rings. The second-order valence-corrected chi connectivity index (χ2v) is 7.85. The maximum atomic E-state index is 5.49. The van der Waals surface area contributed by atoms with Crippen molar-refractivity contribution in [3.05, 3.63) is 72.4 Å². The van der Waals surface area contributed by atoms with E-state index in [-0.39, 0.29) is 6.01 Å². The van der Waals surface area contributed by atoms with Gasteiger partial charge in [-0.3, -0.25) is 4.98 Å². The molecule has 2 atom stereocenters. The number of ether oxygens (including phenoxy) is 2. The van der Waals surface area contributed by atoms with Crippen molar-refractivity contribution >= 4 is 16.4 Å². The van der Waals surface area contributed by atoms with Gasteiger partial charge >= 0.3 is 6.01 Å². The number of hydrogen-bond donors (Lipinski definition) is 0. The van der Waals surface area contributed by atoms with Crippen LogP contribution in [0.5, 0.6) is 11.9 Å². The Morgan fingerprint density at radius 1 is 0.969 bits per heavy atom. The van der Waals surface area contributed by atoms with Crippen molar-refractivity contribution in [2.75, 3.05) is 14.2 Å². The number of pyridine rings is 1. The summed E-state index contributed by atoms with van der Waals surface area (Å²) < 4.78 is 12.4. The lowest BCUT2D eigenvalue weighted by Crippen LogP contribution is -2.02. The number of imidazole rings is 1. The summed E-state index contributed by atoms with van der Waals surface area (Å²) in [5.74, 6) is 1.19. The number of benzene rings is 1. The van der Waals surface area contributed by atoms with E-state index in [4.69, 9.17) is 14.6 Å². The number of methoxy groups -OCH3 is 2. The van der Waals surface area contributed by atoms with Gasteiger partial charge < -0.3 is 9.47 Å². The molecule has 5 aromatic rings. The van der Waals surface area contributed by atoms with Gasteiger partial charge in [-0.1, -0.05) is 18.2 Å². The summed E-state index contributed by atoms with van der Waals surface area (Å²) >= 11 is 0. The Morgan fingerprint density at radius 3 is 2.75 bits per heavy atom. The van der Waals surface area contributed by atoms with Crippen LogP contribution >= 0.6 is 0 Å². The first kappa shape index (κ1) is 18.7. The highest BCUT2D eigenvalue weighted by atomic mass is 16.5. The van der Waals surface area contributed by atoms with Crippen molar-refractivity contribution in [3.63, 3.8) is 0 Å². The van der Waals surface area contributed by atoms with E-state index in [1.54, 1.807) is 19.5 Å². The van der Waals surface area contributed by atoms with Crippen LogP contribution in [-0.4, -0.2) is 43.8 Å². The molecule has 8 nitrogen and oxygen atoms in total. The van der Waals surface area contributed by atoms with E-state index in [1.807, 2.05) is 23.1 Å². The summed E-state index contributed by atoms with van der Waals surface area (Å²) in [7, 11) is 3.10. The number of hydrogen-bond acceptors (Lipinski definition) is 7. The minimum atomic E-state index is 0.252. The van der Waals surface area contributed by atoms with Gasteiger partial charge in [0.15, 0.2) is 5.65 Å². The zero-order chi connectivity index (χ0) is 21.7. The smallest absolute Gasteiger partial charge is 0.319 e. The lowest BCUT2D eigenvalue weighted by atomic mass is 9.99. The first-order valence-electron chi connectivity index (χ1n) is 10.4. The fourth-order valence-electron chi connectivity index (χ4n) is 4.48. The van der Waals surface area contributed by atoms with E-state index in [1.165, 1.54) is 18.1 Å². The van der Waals surface area contributed by atoms with E-state index in [0.717, 1.165) is 28.7 Å². The molecule has 0 unspecified atom stereocenters. The standard InChI is InChI=1S/C24H20N6O2/c1-31-23-20(13-27-24(28-23)32-2)21-11-19(22-26-8-9-30(22)29-21)18-10-17(18)16-5-3-4-14-12-25-7-6-15(14)16/h3-9,11-13,17-18H,10H2,1-2H3/t17-,18+/m1/s1. The zero-order valence-electron chi connectivity index (χ0n) is 17.6. The minimum absolute atomic E-state index is 0.252. The molecule has 8 heteroatoms. The first-order chi connectivity index (χ1) is 15.8. The zero-order valence-corrected chi connectivity index (χ0v) is 17.6. The molecule has 0 radical (unpaired) electrons. The molecule has 1 aromatic carbocycles. The number of fused-ring (bicyclic) bond motifs is 2. The van der Waals surface area contributed by atoms with Gasteiger partial charge in [0, 0.05) is 41.9 Å². The Balaban J connectivity index is 1.45. The van der Waals surface area contributed by atoms with E-state index in [2.05, 4.69) is 50.3 Å². The Morgan fingerprint density at radius 2 is 1.88 bits per heavy atom. The summed E-state index contributed by atoms with van der Waals surface area (Å²) in [4.78, 5) is 17.4. The topological polar surface area (TPSA) is 87.3 Å². The van der Waals surface area contributed by atoms with Gasteiger partial charge in [0.05, 0.1) is 25.5 Å². The summed E-state index contributed by atoms with van der Waals surface area (Å²) in [5.41, 5.74) is 4.82. The third-order valence-electron chi connectivity index (χ3n) is 6.07. The normalized spacial score (nSPS) is 17.6. The van der Waals surface area contributed by atoms with Crippen molar-refractivity contribution in [1.82, 2.24) is 29.5 Å². The van der Waals surface area contributed by atoms with Crippen LogP contribution in [0.2, 0.25) is 0 Å². The summed E-state index contributed by atoms with van der Waals surface area (Å²) in [5, 5.41) is 7.16. The van der Waals surface area contributed by atoms with Gasteiger partial charge in [0.1, 0.15) is 0 Å². The fourth-order valence-corrected chi connectivity index (χ4v) is 4.48. The SMILES string of the molecule is COc1ncc(-c2cc([C@H]3C[C@@H]3c3cccc4cnccc34)c3nccn3n2)c(OC)n1. The molecule has 1 saturated carbocycles. The molecular weight excluding hydrogens is 404 g/mol.